The number of ketones is 1. The number of Topliss-reactive ketones (excluding diaryl/α,β-unsaturated/α-hetero) is 1. The summed E-state index contributed by atoms with van der Waals surface area (Å²) < 4.78 is 47.1. The van der Waals surface area contributed by atoms with E-state index in [1.165, 1.54) is 17.7 Å². The average Bonchev–Trinajstić information content (AvgIpc) is 0.704. The Bertz CT molecular complexity index is 4000. The van der Waals surface area contributed by atoms with Crippen molar-refractivity contribution >= 4 is 41.5 Å². The van der Waals surface area contributed by atoms with E-state index in [-0.39, 0.29) is 103 Å². The van der Waals surface area contributed by atoms with Gasteiger partial charge < -0.3 is 74.0 Å². The summed E-state index contributed by atoms with van der Waals surface area (Å²) in [6.45, 7) is 17.9. The van der Waals surface area contributed by atoms with Crippen LogP contribution < -0.4 is 5.32 Å². The lowest BCUT2D eigenvalue weighted by molar-refractivity contribution is -0.313. The van der Waals surface area contributed by atoms with Gasteiger partial charge in [-0.25, -0.2) is 14.2 Å². The molecule has 3 unspecified atom stereocenters. The predicted molar refractivity (Wildman–Crippen MR) is 359 cm³/mol. The van der Waals surface area contributed by atoms with Crippen LogP contribution in [0.2, 0.25) is 0 Å². The van der Waals surface area contributed by atoms with Crippen LogP contribution in [0.25, 0.3) is 22.8 Å². The molecule has 7 aliphatic rings. The number of fused-ring (bicyclic) bond motifs is 5. The number of aliphatic hydroxyl groups is 2. The summed E-state index contributed by atoms with van der Waals surface area (Å²) in [7, 11) is 1.39. The fraction of sp³-hybridized carbons (Fsp3) is 0.520. The van der Waals surface area contributed by atoms with E-state index in [4.69, 9.17) is 33.2 Å². The number of carbonyl (C=O) groups is 6. The van der Waals surface area contributed by atoms with Crippen molar-refractivity contribution in [1.29, 1.82) is 0 Å². The first-order chi connectivity index (χ1) is 47.4. The minimum Gasteiger partial charge on any atom is -0.508 e. The molecule has 25 nitrogen and oxygen atoms in total. The molecule has 2 amide bonds. The number of nitrogens with zero attached hydrogens (tertiary/aromatic N) is 5. The molecule has 3 aliphatic carbocycles. The summed E-state index contributed by atoms with van der Waals surface area (Å²) in [6, 6.07) is 25.9. The molecule has 25 heteroatoms. The largest absolute Gasteiger partial charge is 0.508 e. The molecule has 3 saturated heterocycles. The number of carboxylic acid groups (broad SMARTS) is 1. The van der Waals surface area contributed by atoms with Crippen LogP contribution in [0.5, 0.6) is 17.5 Å². The molecule has 5 fully saturated rings. The molecule has 1 spiro atoms. The van der Waals surface area contributed by atoms with E-state index in [1.54, 1.807) is 114 Å². The average molecular weight is 1380 g/mol. The zero-order valence-corrected chi connectivity index (χ0v) is 58.0. The molecule has 0 radical (unpaired) electrons. The van der Waals surface area contributed by atoms with Crippen LogP contribution >= 0.6 is 0 Å². The van der Waals surface area contributed by atoms with Crippen molar-refractivity contribution in [3.8, 4) is 34.6 Å². The Morgan fingerprint density at radius 1 is 0.830 bits per heavy atom. The highest BCUT2D eigenvalue weighted by Gasteiger charge is 2.76. The van der Waals surface area contributed by atoms with Crippen LogP contribution in [-0.2, 0) is 63.7 Å². The second-order valence-corrected chi connectivity index (χ2v) is 29.7. The van der Waals surface area contributed by atoms with Gasteiger partial charge in [0.25, 0.3) is 0 Å². The Morgan fingerprint density at radius 3 is 2.11 bits per heavy atom. The second-order valence-electron chi connectivity index (χ2n) is 29.7. The standard InChI is InChI=1S/C75H90N6O19/c1-39(2)47-33-48(50(83)34-49(47)82)65-77-78-70(92)81(65)46-23-21-41(22-24-46)38-79-29-25-44(26-30-79)66(89)80-31-27-45(28-32-80)67(90)98-62(59(42-17-13-11-14-18-42)76-71(93)100-72(4,5)6)68(91)96-53-37-75-64(97-61(69(94-10)99-75)43-19-15-12-16-20-43)58-56-51(95-52(56)36-55(85)86)35-54(84)74(58,9)63(88)60(87)57(40(53)3)73(75,7)8/h11-24,33-34,39,44-45,51-54,56,58-60,62,64,82-84,87H,25-32,35-38H2,1-10H3,(H,76,93)(H,78,92)(H,85,86)/t51-,52?,53+,54+,56?,58?,59+,60-,62-,64+,74-,75-/m1/s1. The van der Waals surface area contributed by atoms with Gasteiger partial charge in [0.05, 0.1) is 54.4 Å². The number of phenolic OH excluding ortho intramolecular Hbond substituents is 2. The number of hydrogen-bond donors (Lipinski definition) is 7. The highest BCUT2D eigenvalue weighted by atomic mass is 16.7. The van der Waals surface area contributed by atoms with Crippen LogP contribution in [0, 0.1) is 34.5 Å². The number of piperidine rings is 2. The molecule has 5 heterocycles. The van der Waals surface area contributed by atoms with Crippen molar-refractivity contribution in [3.63, 3.8) is 0 Å². The van der Waals surface area contributed by atoms with Gasteiger partial charge in [-0.05, 0) is 125 Å². The summed E-state index contributed by atoms with van der Waals surface area (Å²) in [5.41, 5.74) is -2.39. The monoisotopic (exact) mass is 1380 g/mol. The number of aromatic hydroxyl groups is 3. The molecule has 4 aliphatic heterocycles. The fourth-order valence-corrected chi connectivity index (χ4v) is 16.6. The molecule has 12 rings (SSSR count). The lowest BCUT2D eigenvalue weighted by atomic mass is 9.45. The van der Waals surface area contributed by atoms with Gasteiger partial charge in [-0.1, -0.05) is 106 Å². The van der Waals surface area contributed by atoms with Crippen LogP contribution in [-0.4, -0.2) is 178 Å². The van der Waals surface area contributed by atoms with E-state index in [0.29, 0.717) is 60.4 Å². The molecule has 100 heavy (non-hydrogen) atoms. The van der Waals surface area contributed by atoms with E-state index >= 15 is 9.59 Å². The van der Waals surface area contributed by atoms with Gasteiger partial charge >= 0.3 is 36.0 Å². The Labute approximate surface area is 580 Å². The van der Waals surface area contributed by atoms with Crippen LogP contribution in [0.3, 0.4) is 0 Å². The minimum absolute atomic E-state index is 0.0281. The first-order valence-electron chi connectivity index (χ1n) is 34.4. The summed E-state index contributed by atoms with van der Waals surface area (Å²) in [6.07, 6.45) is -9.80. The van der Waals surface area contributed by atoms with Crippen molar-refractivity contribution in [2.24, 2.45) is 34.5 Å². The molecule has 4 aromatic carbocycles. The SMILES string of the molecule is COC1=C(c2ccccc2)O[C@H]2C3C4C(CC(=O)O)O[C@@H]4C[C@H](O)[C@@]3(C)C(=O)[C@H](O)C3=C(C)[C@@H](OC(=O)[C@H](OC(=O)C4CCN(C(=O)C5CCN(Cc6ccc(-n7c(O)nnc7-c7cc(C(C)C)c(O)cc7O)cc6)CC5)CC4)[C@@H](NC(=O)OC(C)(C)C)c4ccccc4)C[C@]2(O1)C3(C)C. The highest BCUT2D eigenvalue weighted by Crippen LogP contribution is 2.66. The molecule has 2 bridgehead atoms. The smallest absolute Gasteiger partial charge is 0.408 e. The number of aliphatic carboxylic acids is 1. The van der Waals surface area contributed by atoms with Gasteiger partial charge in [-0.2, -0.15) is 0 Å². The number of aliphatic hydroxyl groups excluding tert-OH is 2. The summed E-state index contributed by atoms with van der Waals surface area (Å²) >= 11 is 0. The zero-order chi connectivity index (χ0) is 71.7. The van der Waals surface area contributed by atoms with Crippen LogP contribution in [0.4, 0.5) is 4.79 Å². The summed E-state index contributed by atoms with van der Waals surface area (Å²) in [4.78, 5) is 91.2. The van der Waals surface area contributed by atoms with Gasteiger partial charge in [0, 0.05) is 67.3 Å². The maximum atomic E-state index is 15.8. The number of benzene rings is 4. The summed E-state index contributed by atoms with van der Waals surface area (Å²) in [5, 5.41) is 78.3. The Morgan fingerprint density at radius 2 is 1.48 bits per heavy atom. The highest BCUT2D eigenvalue weighted by molar-refractivity contribution is 5.93. The molecule has 2 saturated carbocycles. The van der Waals surface area contributed by atoms with E-state index in [9.17, 15) is 49.8 Å². The lowest BCUT2D eigenvalue weighted by Gasteiger charge is -2.67. The van der Waals surface area contributed by atoms with Gasteiger partial charge in [0.1, 0.15) is 41.5 Å². The van der Waals surface area contributed by atoms with Crippen LogP contribution in [0.15, 0.2) is 114 Å². The zero-order valence-electron chi connectivity index (χ0n) is 58.0. The van der Waals surface area contributed by atoms with Gasteiger partial charge in [0.2, 0.25) is 17.8 Å². The van der Waals surface area contributed by atoms with Crippen molar-refractivity contribution in [1.82, 2.24) is 29.9 Å². The number of ether oxygens (including phenoxy) is 7. The predicted octanol–water partition coefficient (Wildman–Crippen LogP) is 8.78. The molecule has 7 N–H and O–H groups in total. The normalized spacial score (nSPS) is 27.5. The maximum absolute atomic E-state index is 15.8. The quantitative estimate of drug-likeness (QED) is 0.0260. The van der Waals surface area contributed by atoms with E-state index < -0.39 is 125 Å². The lowest BCUT2D eigenvalue weighted by Crippen LogP contribution is -2.77. The van der Waals surface area contributed by atoms with Crippen molar-refractivity contribution in [3.05, 3.63) is 136 Å². The number of hydrogen-bond acceptors (Lipinski definition) is 21. The van der Waals surface area contributed by atoms with Crippen molar-refractivity contribution < 1.29 is 92.6 Å². The third-order valence-corrected chi connectivity index (χ3v) is 21.9. The number of carboxylic acids is 1. The number of carbonyl (C=O) groups excluding carboxylic acids is 5. The summed E-state index contributed by atoms with van der Waals surface area (Å²) in [5.74, 6) is -6.90. The molecule has 5 aromatic rings. The van der Waals surface area contributed by atoms with E-state index in [2.05, 4.69) is 20.4 Å². The molecular weight excluding hydrogens is 1290 g/mol. The third-order valence-electron chi connectivity index (χ3n) is 21.9. The number of likely N-dealkylation sites (tertiary alicyclic amines) is 2. The van der Waals surface area contributed by atoms with Crippen molar-refractivity contribution in [2.45, 2.75) is 180 Å². The molecular formula is C75H90N6O19. The first kappa shape index (κ1) is 70.8. The Balaban J connectivity index is 0.783. The number of rotatable bonds is 17. The van der Waals surface area contributed by atoms with E-state index in [0.717, 1.165) is 5.56 Å². The maximum Gasteiger partial charge on any atom is 0.408 e. The number of nitrogens with one attached hydrogen (secondary N) is 1. The first-order valence-corrected chi connectivity index (χ1v) is 34.4. The van der Waals surface area contributed by atoms with Crippen molar-refractivity contribution in [2.75, 3.05) is 33.3 Å². The van der Waals surface area contributed by atoms with E-state index in [1.807, 2.05) is 44.2 Å². The number of alkyl carbamates (subject to hydrolysis) is 1. The second kappa shape index (κ2) is 27.5. The molecule has 1 aromatic heterocycles. The Kier molecular flexibility index (Phi) is 19.5. The number of phenols is 2. The number of methoxy groups -OCH3 is 1. The number of aromatic nitrogens is 3. The van der Waals surface area contributed by atoms with Gasteiger partial charge in [0.15, 0.2) is 17.2 Å². The van der Waals surface area contributed by atoms with Gasteiger partial charge in [-0.15, -0.1) is 5.10 Å². The number of esters is 2. The molecule has 534 valence electrons. The fourth-order valence-electron chi connectivity index (χ4n) is 16.6. The number of amides is 2. The third kappa shape index (κ3) is 13.0. The van der Waals surface area contributed by atoms with Crippen LogP contribution in [0.1, 0.15) is 141 Å². The topological polar surface area (TPSA) is 338 Å². The Hall–Kier alpha value is -9.04. The molecule has 12 atom stereocenters. The van der Waals surface area contributed by atoms with Gasteiger partial charge in [-0.3, -0.25) is 24.1 Å². The minimum atomic E-state index is -1.96.